The fourth-order valence-electron chi connectivity index (χ4n) is 4.57. The van der Waals surface area contributed by atoms with Gasteiger partial charge in [0.1, 0.15) is 10.7 Å². The number of piperidine rings is 1. The van der Waals surface area contributed by atoms with E-state index in [1.165, 1.54) is 4.70 Å². The lowest BCUT2D eigenvalue weighted by Gasteiger charge is -2.33. The Morgan fingerprint density at radius 1 is 1.12 bits per heavy atom. The topological polar surface area (TPSA) is 72.2 Å². The van der Waals surface area contributed by atoms with Gasteiger partial charge in [-0.25, -0.2) is 9.67 Å². The van der Waals surface area contributed by atoms with E-state index in [1.807, 2.05) is 62.5 Å². The third-order valence-electron chi connectivity index (χ3n) is 6.37. The van der Waals surface area contributed by atoms with Crippen LogP contribution in [0.4, 0.5) is 5.69 Å². The highest BCUT2D eigenvalue weighted by Gasteiger charge is 2.29. The van der Waals surface area contributed by atoms with E-state index in [2.05, 4.69) is 16.3 Å². The highest BCUT2D eigenvalue weighted by molar-refractivity contribution is 7.18. The molecular weight excluding hydrogens is 434 g/mol. The largest absolute Gasteiger partial charge is 0.319 e. The number of nitrogens with zero attached hydrogens (tertiary/aromatic N) is 4. The van der Waals surface area contributed by atoms with Crippen LogP contribution in [0.3, 0.4) is 0 Å². The van der Waals surface area contributed by atoms with Crippen LogP contribution in [0.2, 0.25) is 0 Å². The molecule has 8 heteroatoms. The summed E-state index contributed by atoms with van der Waals surface area (Å²) >= 11 is 1.71. The number of amides is 1. The van der Waals surface area contributed by atoms with Crippen LogP contribution in [0.1, 0.15) is 36.0 Å². The first-order valence-electron chi connectivity index (χ1n) is 11.3. The molecule has 3 heterocycles. The minimum Gasteiger partial charge on any atom is -0.319 e. The molecule has 7 nitrogen and oxygen atoms in total. The van der Waals surface area contributed by atoms with Crippen molar-refractivity contribution in [3.63, 3.8) is 0 Å². The Morgan fingerprint density at radius 3 is 2.67 bits per heavy atom. The maximum Gasteiger partial charge on any atom is 0.295 e. The van der Waals surface area contributed by atoms with Gasteiger partial charge in [-0.15, -0.1) is 11.3 Å². The minimum absolute atomic E-state index is 0.125. The zero-order valence-electron chi connectivity index (χ0n) is 18.8. The van der Waals surface area contributed by atoms with Gasteiger partial charge in [-0.2, -0.15) is 0 Å². The lowest BCUT2D eigenvalue weighted by molar-refractivity contribution is -0.118. The van der Waals surface area contributed by atoms with Crippen LogP contribution in [-0.2, 0) is 11.8 Å². The summed E-state index contributed by atoms with van der Waals surface area (Å²) in [6.45, 7) is 2.93. The first-order chi connectivity index (χ1) is 16.0. The van der Waals surface area contributed by atoms with E-state index in [0.29, 0.717) is 5.69 Å². The summed E-state index contributed by atoms with van der Waals surface area (Å²) in [5.41, 5.74) is 2.60. The molecule has 1 N–H and O–H groups in total. The molecule has 170 valence electrons. The first-order valence-corrected chi connectivity index (χ1v) is 12.1. The van der Waals surface area contributed by atoms with Gasteiger partial charge in [0, 0.05) is 7.05 Å². The standard InChI is InChI=1S/C25H27N5O2S/c1-17-23(25(32)30(28(17)2)18-10-4-3-5-11-18)27-22(31)16-29-15-9-8-13-20(29)24-26-19-12-6-7-14-21(19)33-24/h3-7,10-12,14,20H,8-9,13,15-16H2,1-2H3,(H,27,31). The lowest BCUT2D eigenvalue weighted by Crippen LogP contribution is -2.39. The Bertz CT molecular complexity index is 1320. The average molecular weight is 462 g/mol. The monoisotopic (exact) mass is 461 g/mol. The predicted molar refractivity (Wildman–Crippen MR) is 132 cm³/mol. The molecule has 0 bridgehead atoms. The fourth-order valence-corrected chi connectivity index (χ4v) is 5.71. The van der Waals surface area contributed by atoms with E-state index in [1.54, 1.807) is 20.7 Å². The number of nitrogens with one attached hydrogen (secondary N) is 1. The Labute approximate surface area is 196 Å². The maximum atomic E-state index is 13.1. The zero-order chi connectivity index (χ0) is 22.9. The average Bonchev–Trinajstić information content (AvgIpc) is 3.35. The molecule has 1 amide bonds. The molecule has 1 aliphatic rings. The second-order valence-corrected chi connectivity index (χ2v) is 9.55. The number of carbonyl (C=O) groups excluding carboxylic acids is 1. The van der Waals surface area contributed by atoms with Crippen molar-refractivity contribution >= 4 is 33.1 Å². The molecule has 0 aliphatic carbocycles. The predicted octanol–water partition coefficient (Wildman–Crippen LogP) is 4.26. The van der Waals surface area contributed by atoms with Crippen LogP contribution in [0.15, 0.2) is 59.4 Å². The van der Waals surface area contributed by atoms with Crippen LogP contribution < -0.4 is 10.9 Å². The van der Waals surface area contributed by atoms with Crippen molar-refractivity contribution in [3.05, 3.63) is 75.7 Å². The van der Waals surface area contributed by atoms with Gasteiger partial charge in [0.05, 0.1) is 34.2 Å². The van der Waals surface area contributed by atoms with Crippen LogP contribution in [0, 0.1) is 6.92 Å². The third kappa shape index (κ3) is 4.12. The van der Waals surface area contributed by atoms with Gasteiger partial charge in [-0.05, 0) is 50.6 Å². The van der Waals surface area contributed by atoms with Crippen LogP contribution in [0.5, 0.6) is 0 Å². The van der Waals surface area contributed by atoms with Gasteiger partial charge in [-0.3, -0.25) is 19.2 Å². The van der Waals surface area contributed by atoms with E-state index in [0.717, 1.165) is 47.7 Å². The molecule has 0 spiro atoms. The number of rotatable bonds is 5. The number of aromatic nitrogens is 3. The van der Waals surface area contributed by atoms with Crippen LogP contribution in [0.25, 0.3) is 15.9 Å². The van der Waals surface area contributed by atoms with Crippen LogP contribution >= 0.6 is 11.3 Å². The number of thiazole rings is 1. The Kier molecular flexibility index (Phi) is 5.86. The number of carbonyl (C=O) groups is 1. The number of likely N-dealkylation sites (tertiary alicyclic amines) is 1. The molecule has 0 radical (unpaired) electrons. The molecule has 1 fully saturated rings. The second kappa shape index (κ2) is 8.96. The quantitative estimate of drug-likeness (QED) is 0.482. The molecule has 1 aliphatic heterocycles. The van der Waals surface area contributed by atoms with Gasteiger partial charge in [-0.1, -0.05) is 36.8 Å². The second-order valence-electron chi connectivity index (χ2n) is 8.49. The van der Waals surface area contributed by atoms with E-state index < -0.39 is 0 Å². The van der Waals surface area contributed by atoms with E-state index in [9.17, 15) is 9.59 Å². The zero-order valence-corrected chi connectivity index (χ0v) is 19.6. The van der Waals surface area contributed by atoms with Gasteiger partial charge >= 0.3 is 0 Å². The SMILES string of the molecule is Cc1c(NC(=O)CN2CCCCC2c2nc3ccccc3s2)c(=O)n(-c2ccccc2)n1C. The van der Waals surface area contributed by atoms with Crippen LogP contribution in [-0.4, -0.2) is 38.2 Å². The van der Waals surface area contributed by atoms with Crippen molar-refractivity contribution in [1.29, 1.82) is 0 Å². The van der Waals surface area contributed by atoms with E-state index >= 15 is 0 Å². The summed E-state index contributed by atoms with van der Waals surface area (Å²) in [6.07, 6.45) is 3.16. The molecule has 33 heavy (non-hydrogen) atoms. The van der Waals surface area contributed by atoms with Gasteiger partial charge in [0.25, 0.3) is 5.56 Å². The number of anilines is 1. The van der Waals surface area contributed by atoms with Gasteiger partial charge in [0.15, 0.2) is 0 Å². The summed E-state index contributed by atoms with van der Waals surface area (Å²) in [4.78, 5) is 33.2. The highest BCUT2D eigenvalue weighted by Crippen LogP contribution is 2.35. The van der Waals surface area contributed by atoms with Crippen molar-refractivity contribution in [1.82, 2.24) is 19.2 Å². The van der Waals surface area contributed by atoms with Crippen molar-refractivity contribution < 1.29 is 4.79 Å². The summed E-state index contributed by atoms with van der Waals surface area (Å²) in [5.74, 6) is -0.172. The van der Waals surface area contributed by atoms with Gasteiger partial charge < -0.3 is 5.32 Å². The molecule has 4 aromatic rings. The van der Waals surface area contributed by atoms with Crippen molar-refractivity contribution in [2.75, 3.05) is 18.4 Å². The molecule has 1 unspecified atom stereocenters. The van der Waals surface area contributed by atoms with Gasteiger partial charge in [0.2, 0.25) is 5.91 Å². The molecule has 1 atom stereocenters. The maximum absolute atomic E-state index is 13.1. The molecule has 2 aromatic carbocycles. The Balaban J connectivity index is 1.36. The van der Waals surface area contributed by atoms with E-state index in [4.69, 9.17) is 4.98 Å². The summed E-state index contributed by atoms with van der Waals surface area (Å²) in [6, 6.07) is 17.7. The number of fused-ring (bicyclic) bond motifs is 1. The van der Waals surface area contributed by atoms with Crippen molar-refractivity contribution in [2.45, 2.75) is 32.2 Å². The third-order valence-corrected chi connectivity index (χ3v) is 7.51. The first kappa shape index (κ1) is 21.6. The number of para-hydroxylation sites is 2. The highest BCUT2D eigenvalue weighted by atomic mass is 32.1. The number of hydrogen-bond acceptors (Lipinski definition) is 5. The molecule has 1 saturated heterocycles. The normalized spacial score (nSPS) is 16.8. The molecule has 5 rings (SSSR count). The minimum atomic E-state index is -0.226. The smallest absolute Gasteiger partial charge is 0.295 e. The molecular formula is C25H27N5O2S. The fraction of sp³-hybridized carbons (Fsp3) is 0.320. The molecule has 0 saturated carbocycles. The number of hydrogen-bond donors (Lipinski definition) is 1. The Morgan fingerprint density at radius 2 is 1.88 bits per heavy atom. The lowest BCUT2D eigenvalue weighted by atomic mass is 10.0. The Hall–Kier alpha value is -3.23. The van der Waals surface area contributed by atoms with E-state index in [-0.39, 0.29) is 24.1 Å². The summed E-state index contributed by atoms with van der Waals surface area (Å²) in [7, 11) is 1.83. The van der Waals surface area contributed by atoms with Crippen molar-refractivity contribution in [3.8, 4) is 5.69 Å². The number of benzene rings is 2. The summed E-state index contributed by atoms with van der Waals surface area (Å²) < 4.78 is 4.53. The van der Waals surface area contributed by atoms with Crippen molar-refractivity contribution in [2.24, 2.45) is 7.05 Å². The summed E-state index contributed by atoms with van der Waals surface area (Å²) in [5, 5.41) is 3.96. The molecule has 2 aromatic heterocycles.